The van der Waals surface area contributed by atoms with Crippen LogP contribution in [0.3, 0.4) is 0 Å². The van der Waals surface area contributed by atoms with Gasteiger partial charge in [0.15, 0.2) is 0 Å². The summed E-state index contributed by atoms with van der Waals surface area (Å²) in [6.07, 6.45) is 1.19. The quantitative estimate of drug-likeness (QED) is 0.576. The fraction of sp³-hybridized carbons (Fsp3) is 0.556. The van der Waals surface area contributed by atoms with E-state index in [4.69, 9.17) is 0 Å². The SMILES string of the molecule is CCC(C)C(Br)c1cc(Br)sc1Br. The monoisotopic (exact) mass is 388 g/mol. The molecule has 0 spiro atoms. The Labute approximate surface area is 108 Å². The van der Waals surface area contributed by atoms with Crippen LogP contribution in [0.4, 0.5) is 0 Å². The van der Waals surface area contributed by atoms with Crippen molar-refractivity contribution >= 4 is 59.1 Å². The van der Waals surface area contributed by atoms with E-state index < -0.39 is 0 Å². The van der Waals surface area contributed by atoms with Crippen molar-refractivity contribution in [1.29, 1.82) is 0 Å². The van der Waals surface area contributed by atoms with Gasteiger partial charge >= 0.3 is 0 Å². The summed E-state index contributed by atoms with van der Waals surface area (Å²) >= 11 is 12.5. The maximum Gasteiger partial charge on any atom is 0.0753 e. The number of halogens is 3. The highest BCUT2D eigenvalue weighted by Gasteiger charge is 2.18. The van der Waals surface area contributed by atoms with Gasteiger partial charge in [0.25, 0.3) is 0 Å². The molecule has 0 aliphatic rings. The Kier molecular flexibility index (Phi) is 4.97. The van der Waals surface area contributed by atoms with Crippen molar-refractivity contribution in [3.05, 3.63) is 19.2 Å². The van der Waals surface area contributed by atoms with E-state index in [0.717, 1.165) is 0 Å². The molecule has 0 saturated carbocycles. The van der Waals surface area contributed by atoms with E-state index in [9.17, 15) is 0 Å². The summed E-state index contributed by atoms with van der Waals surface area (Å²) in [7, 11) is 0. The molecule has 0 fully saturated rings. The van der Waals surface area contributed by atoms with E-state index in [1.807, 2.05) is 0 Å². The van der Waals surface area contributed by atoms with Gasteiger partial charge in [-0.05, 0) is 49.4 Å². The molecule has 0 aliphatic carbocycles. The van der Waals surface area contributed by atoms with Crippen molar-refractivity contribution in [2.75, 3.05) is 0 Å². The van der Waals surface area contributed by atoms with E-state index in [2.05, 4.69) is 67.7 Å². The van der Waals surface area contributed by atoms with Gasteiger partial charge in [-0.15, -0.1) is 11.3 Å². The first-order valence-corrected chi connectivity index (χ1v) is 7.46. The van der Waals surface area contributed by atoms with Crippen LogP contribution in [0, 0.1) is 5.92 Å². The minimum atomic E-state index is 0.453. The molecule has 0 aromatic carbocycles. The average molecular weight is 391 g/mol. The van der Waals surface area contributed by atoms with Crippen LogP contribution in [-0.4, -0.2) is 0 Å². The van der Waals surface area contributed by atoms with Gasteiger partial charge in [0.1, 0.15) is 0 Å². The maximum atomic E-state index is 3.73. The van der Waals surface area contributed by atoms with Crippen molar-refractivity contribution in [2.24, 2.45) is 5.92 Å². The molecule has 0 saturated heterocycles. The smallest absolute Gasteiger partial charge is 0.0753 e. The minimum absolute atomic E-state index is 0.453. The van der Waals surface area contributed by atoms with Gasteiger partial charge in [-0.25, -0.2) is 0 Å². The number of hydrogen-bond donors (Lipinski definition) is 0. The van der Waals surface area contributed by atoms with Gasteiger partial charge < -0.3 is 0 Å². The lowest BCUT2D eigenvalue weighted by molar-refractivity contribution is 0.555. The van der Waals surface area contributed by atoms with Crippen molar-refractivity contribution < 1.29 is 0 Å². The van der Waals surface area contributed by atoms with Crippen LogP contribution in [0.2, 0.25) is 0 Å². The predicted octanol–water partition coefficient (Wildman–Crippen LogP) is 5.76. The van der Waals surface area contributed by atoms with Gasteiger partial charge in [0.2, 0.25) is 0 Å². The Bertz CT molecular complexity index is 282. The molecule has 4 heteroatoms. The fourth-order valence-corrected chi connectivity index (χ4v) is 5.18. The Balaban J connectivity index is 2.87. The molecule has 0 N–H and O–H groups in total. The first-order chi connectivity index (χ1) is 6.06. The molecule has 0 radical (unpaired) electrons. The van der Waals surface area contributed by atoms with E-state index in [1.54, 1.807) is 11.3 Å². The van der Waals surface area contributed by atoms with E-state index in [0.29, 0.717) is 10.7 Å². The summed E-state index contributed by atoms with van der Waals surface area (Å²) in [5, 5.41) is 0. The van der Waals surface area contributed by atoms with E-state index in [-0.39, 0.29) is 0 Å². The van der Waals surface area contributed by atoms with Gasteiger partial charge in [0.05, 0.1) is 7.57 Å². The van der Waals surface area contributed by atoms with Gasteiger partial charge in [-0.2, -0.15) is 0 Å². The molecule has 0 nitrogen and oxygen atoms in total. The molecule has 1 heterocycles. The largest absolute Gasteiger partial charge is 0.121 e. The zero-order valence-electron chi connectivity index (χ0n) is 7.48. The third-order valence-corrected chi connectivity index (χ3v) is 5.91. The number of alkyl halides is 1. The second-order valence-corrected chi connectivity index (χ2v) is 7.80. The lowest BCUT2D eigenvalue weighted by Crippen LogP contribution is -2.00. The summed E-state index contributed by atoms with van der Waals surface area (Å²) in [6.45, 7) is 4.48. The molecular weight excluding hydrogens is 380 g/mol. The first-order valence-electron chi connectivity index (χ1n) is 4.15. The number of rotatable bonds is 3. The average Bonchev–Trinajstić information content (AvgIpc) is 2.42. The molecule has 2 atom stereocenters. The van der Waals surface area contributed by atoms with Crippen molar-refractivity contribution in [3.63, 3.8) is 0 Å². The Hall–Kier alpha value is 1.14. The molecule has 0 amide bonds. The van der Waals surface area contributed by atoms with Crippen molar-refractivity contribution in [3.8, 4) is 0 Å². The van der Waals surface area contributed by atoms with Crippen molar-refractivity contribution in [1.82, 2.24) is 0 Å². The molecule has 74 valence electrons. The molecular formula is C9H11Br3S. The maximum absolute atomic E-state index is 3.73. The van der Waals surface area contributed by atoms with Crippen LogP contribution in [0.1, 0.15) is 30.7 Å². The second kappa shape index (κ2) is 5.29. The summed E-state index contributed by atoms with van der Waals surface area (Å²) in [4.78, 5) is 0.453. The number of hydrogen-bond acceptors (Lipinski definition) is 1. The molecule has 2 unspecified atom stereocenters. The fourth-order valence-electron chi connectivity index (χ4n) is 1.05. The third-order valence-electron chi connectivity index (χ3n) is 2.12. The topological polar surface area (TPSA) is 0 Å². The molecule has 0 aliphatic heterocycles. The third kappa shape index (κ3) is 3.05. The summed E-state index contributed by atoms with van der Waals surface area (Å²) in [5.74, 6) is 0.665. The first kappa shape index (κ1) is 12.2. The standard InChI is InChI=1S/C9H11Br3S/c1-3-5(2)8(11)6-4-7(10)13-9(6)12/h4-5,8H,3H2,1-2H3. The van der Waals surface area contributed by atoms with E-state index >= 15 is 0 Å². The van der Waals surface area contributed by atoms with Crippen LogP contribution < -0.4 is 0 Å². The summed E-state index contributed by atoms with van der Waals surface area (Å²) < 4.78 is 2.41. The van der Waals surface area contributed by atoms with Crippen LogP contribution in [-0.2, 0) is 0 Å². The van der Waals surface area contributed by atoms with Crippen molar-refractivity contribution in [2.45, 2.75) is 25.1 Å². The Morgan fingerprint density at radius 3 is 2.46 bits per heavy atom. The lowest BCUT2D eigenvalue weighted by Gasteiger charge is -2.15. The van der Waals surface area contributed by atoms with Crippen LogP contribution in [0.25, 0.3) is 0 Å². The lowest BCUT2D eigenvalue weighted by atomic mass is 10.0. The molecule has 1 aromatic heterocycles. The molecule has 1 aromatic rings. The van der Waals surface area contributed by atoms with Crippen LogP contribution in [0.15, 0.2) is 13.6 Å². The zero-order chi connectivity index (χ0) is 10.0. The summed E-state index contributed by atoms with van der Waals surface area (Å²) in [6, 6.07) is 2.18. The highest BCUT2D eigenvalue weighted by molar-refractivity contribution is 9.12. The van der Waals surface area contributed by atoms with Gasteiger partial charge in [-0.3, -0.25) is 0 Å². The minimum Gasteiger partial charge on any atom is -0.121 e. The normalized spacial score (nSPS) is 15.8. The van der Waals surface area contributed by atoms with Gasteiger partial charge in [0, 0.05) is 4.83 Å². The van der Waals surface area contributed by atoms with Gasteiger partial charge in [-0.1, -0.05) is 36.2 Å². The highest BCUT2D eigenvalue weighted by Crippen LogP contribution is 2.42. The number of thiophene rings is 1. The molecule has 13 heavy (non-hydrogen) atoms. The Morgan fingerprint density at radius 2 is 2.08 bits per heavy atom. The van der Waals surface area contributed by atoms with E-state index in [1.165, 1.54) is 19.6 Å². The molecule has 1 rings (SSSR count). The van der Waals surface area contributed by atoms with Crippen LogP contribution in [0.5, 0.6) is 0 Å². The second-order valence-electron chi connectivity index (χ2n) is 3.07. The van der Waals surface area contributed by atoms with Crippen LogP contribution >= 0.6 is 59.1 Å². The summed E-state index contributed by atoms with van der Waals surface area (Å²) in [5.41, 5.74) is 1.35. The zero-order valence-corrected chi connectivity index (χ0v) is 13.1. The Morgan fingerprint density at radius 1 is 1.46 bits per heavy atom. The molecule has 0 bridgehead atoms. The highest BCUT2D eigenvalue weighted by atomic mass is 79.9. The predicted molar refractivity (Wildman–Crippen MR) is 70.8 cm³/mol.